The fourth-order valence-corrected chi connectivity index (χ4v) is 3.64. The van der Waals surface area contributed by atoms with E-state index in [-0.39, 0.29) is 6.09 Å². The minimum Gasteiger partial charge on any atom is -0.444 e. The second kappa shape index (κ2) is 9.77. The molecule has 0 aromatic heterocycles. The van der Waals surface area contributed by atoms with Crippen molar-refractivity contribution in [2.24, 2.45) is 11.8 Å². The minimum atomic E-state index is -0.439. The van der Waals surface area contributed by atoms with E-state index in [1.165, 1.54) is 25.7 Å². The molecule has 0 radical (unpaired) electrons. The number of thioether (sulfide) groups is 1. The monoisotopic (exact) mass is 344 g/mol. The van der Waals surface area contributed by atoms with Crippen LogP contribution in [0.3, 0.4) is 0 Å². The number of hydrogen-bond donors (Lipinski definition) is 2. The predicted octanol–water partition coefficient (Wildman–Crippen LogP) is 4.05. The summed E-state index contributed by atoms with van der Waals surface area (Å²) >= 11 is 2.00. The van der Waals surface area contributed by atoms with Crippen LogP contribution in [0, 0.1) is 11.8 Å². The Balaban J connectivity index is 2.31. The number of nitrogens with one attached hydrogen (secondary N) is 2. The van der Waals surface area contributed by atoms with Crippen LogP contribution < -0.4 is 10.6 Å². The summed E-state index contributed by atoms with van der Waals surface area (Å²) in [6.07, 6.45) is 7.09. The van der Waals surface area contributed by atoms with Crippen LogP contribution in [-0.2, 0) is 4.74 Å². The molecule has 5 heteroatoms. The van der Waals surface area contributed by atoms with Crippen molar-refractivity contribution in [2.75, 3.05) is 19.3 Å². The van der Waals surface area contributed by atoms with Crippen molar-refractivity contribution in [1.82, 2.24) is 10.6 Å². The van der Waals surface area contributed by atoms with Crippen molar-refractivity contribution in [3.63, 3.8) is 0 Å². The quantitative estimate of drug-likeness (QED) is 0.731. The summed E-state index contributed by atoms with van der Waals surface area (Å²) in [5, 5.41) is 7.49. The van der Waals surface area contributed by atoms with Gasteiger partial charge in [0.15, 0.2) is 0 Å². The first-order valence-electron chi connectivity index (χ1n) is 8.94. The van der Waals surface area contributed by atoms with E-state index in [1.807, 2.05) is 32.5 Å². The Kier molecular flexibility index (Phi) is 8.76. The Hall–Kier alpha value is -0.420. The van der Waals surface area contributed by atoms with Gasteiger partial charge in [-0.05, 0) is 64.5 Å². The molecule has 0 heterocycles. The van der Waals surface area contributed by atoms with Crippen molar-refractivity contribution in [3.8, 4) is 0 Å². The summed E-state index contributed by atoms with van der Waals surface area (Å²) in [5.41, 5.74) is -0.439. The summed E-state index contributed by atoms with van der Waals surface area (Å²) in [6, 6.07) is 0.640. The highest BCUT2D eigenvalue weighted by Crippen LogP contribution is 2.27. The lowest BCUT2D eigenvalue weighted by Gasteiger charge is -2.31. The first-order chi connectivity index (χ1) is 10.7. The van der Waals surface area contributed by atoms with Gasteiger partial charge in [-0.2, -0.15) is 11.8 Å². The summed E-state index contributed by atoms with van der Waals surface area (Å²) in [4.78, 5) is 11.8. The number of carbonyl (C=O) groups excluding carboxylic acids is 1. The number of rotatable bonds is 7. The fourth-order valence-electron chi connectivity index (χ4n) is 2.89. The second-order valence-corrected chi connectivity index (χ2v) is 9.14. The number of hydrogen-bond acceptors (Lipinski definition) is 4. The van der Waals surface area contributed by atoms with Crippen molar-refractivity contribution in [2.45, 2.75) is 77.2 Å². The molecule has 0 aromatic carbocycles. The Morgan fingerprint density at radius 1 is 1.17 bits per heavy atom. The summed E-state index contributed by atoms with van der Waals surface area (Å²) in [6.45, 7) is 11.7. The average Bonchev–Trinajstić information content (AvgIpc) is 2.45. The van der Waals surface area contributed by atoms with Crippen LogP contribution in [-0.4, -0.2) is 42.3 Å². The molecule has 0 bridgehead atoms. The molecule has 1 aliphatic carbocycles. The minimum absolute atomic E-state index is 0.316. The molecule has 1 aliphatic rings. The number of amides is 1. The zero-order valence-corrected chi connectivity index (χ0v) is 16.6. The van der Waals surface area contributed by atoms with E-state index in [4.69, 9.17) is 4.74 Å². The molecular weight excluding hydrogens is 308 g/mol. The van der Waals surface area contributed by atoms with E-state index in [1.54, 1.807) is 0 Å². The maximum absolute atomic E-state index is 11.8. The summed E-state index contributed by atoms with van der Waals surface area (Å²) in [7, 11) is 0. The van der Waals surface area contributed by atoms with Crippen LogP contribution in [0.1, 0.15) is 60.3 Å². The average molecular weight is 345 g/mol. The van der Waals surface area contributed by atoms with E-state index >= 15 is 0 Å². The van der Waals surface area contributed by atoms with Crippen molar-refractivity contribution >= 4 is 17.9 Å². The standard InChI is InChI=1S/C18H36N2O2S/c1-13(2)14(12-20-17(21)22-18(3,4)5)11-19-15-7-9-16(23-6)10-8-15/h13-16,19H,7-12H2,1-6H3,(H,20,21). The van der Waals surface area contributed by atoms with Gasteiger partial charge in [0, 0.05) is 24.4 Å². The Bertz CT molecular complexity index is 347. The van der Waals surface area contributed by atoms with Crippen molar-refractivity contribution < 1.29 is 9.53 Å². The van der Waals surface area contributed by atoms with Gasteiger partial charge < -0.3 is 15.4 Å². The molecule has 1 fully saturated rings. The third-order valence-electron chi connectivity index (χ3n) is 4.53. The van der Waals surface area contributed by atoms with E-state index in [2.05, 4.69) is 30.7 Å². The molecule has 1 unspecified atom stereocenters. The molecule has 4 nitrogen and oxygen atoms in total. The van der Waals surface area contributed by atoms with Gasteiger partial charge in [0.25, 0.3) is 0 Å². The predicted molar refractivity (Wildman–Crippen MR) is 100 cm³/mol. The lowest BCUT2D eigenvalue weighted by Crippen LogP contribution is -2.42. The van der Waals surface area contributed by atoms with E-state index in [0.29, 0.717) is 24.4 Å². The van der Waals surface area contributed by atoms with Crippen LogP contribution in [0.5, 0.6) is 0 Å². The van der Waals surface area contributed by atoms with Crippen LogP contribution in [0.15, 0.2) is 0 Å². The fraction of sp³-hybridized carbons (Fsp3) is 0.944. The number of carbonyl (C=O) groups is 1. The molecular formula is C18H36N2O2S. The third kappa shape index (κ3) is 8.85. The smallest absolute Gasteiger partial charge is 0.407 e. The highest BCUT2D eigenvalue weighted by Gasteiger charge is 2.23. The third-order valence-corrected chi connectivity index (χ3v) is 5.66. The van der Waals surface area contributed by atoms with Gasteiger partial charge >= 0.3 is 6.09 Å². The zero-order chi connectivity index (χ0) is 17.5. The van der Waals surface area contributed by atoms with Gasteiger partial charge in [0.05, 0.1) is 0 Å². The van der Waals surface area contributed by atoms with Crippen LogP contribution in [0.4, 0.5) is 4.79 Å². The summed E-state index contributed by atoms with van der Waals surface area (Å²) < 4.78 is 5.31. The maximum Gasteiger partial charge on any atom is 0.407 e. The number of alkyl carbamates (subject to hydrolysis) is 1. The van der Waals surface area contributed by atoms with Crippen LogP contribution in [0.25, 0.3) is 0 Å². The Morgan fingerprint density at radius 2 is 1.78 bits per heavy atom. The SMILES string of the molecule is CSC1CCC(NCC(CNC(=O)OC(C)(C)C)C(C)C)CC1. The van der Waals surface area contributed by atoms with E-state index in [9.17, 15) is 4.79 Å². The molecule has 2 N–H and O–H groups in total. The molecule has 1 rings (SSSR count). The van der Waals surface area contributed by atoms with Gasteiger partial charge in [-0.1, -0.05) is 13.8 Å². The van der Waals surface area contributed by atoms with Gasteiger partial charge in [-0.25, -0.2) is 4.79 Å². The molecule has 23 heavy (non-hydrogen) atoms. The van der Waals surface area contributed by atoms with Crippen LogP contribution in [0.2, 0.25) is 0 Å². The highest BCUT2D eigenvalue weighted by molar-refractivity contribution is 7.99. The molecule has 0 aromatic rings. The van der Waals surface area contributed by atoms with Gasteiger partial charge in [-0.3, -0.25) is 0 Å². The molecule has 0 aliphatic heterocycles. The molecule has 1 atom stereocenters. The van der Waals surface area contributed by atoms with E-state index < -0.39 is 5.60 Å². The maximum atomic E-state index is 11.8. The second-order valence-electron chi connectivity index (χ2n) is 8.00. The Morgan fingerprint density at radius 3 is 2.26 bits per heavy atom. The van der Waals surface area contributed by atoms with Gasteiger partial charge in [0.1, 0.15) is 5.60 Å². The molecule has 0 spiro atoms. The van der Waals surface area contributed by atoms with Gasteiger partial charge in [-0.15, -0.1) is 0 Å². The van der Waals surface area contributed by atoms with E-state index in [0.717, 1.165) is 11.8 Å². The first kappa shape index (κ1) is 20.6. The normalized spacial score (nSPS) is 23.6. The summed E-state index contributed by atoms with van der Waals surface area (Å²) in [5.74, 6) is 0.959. The molecule has 1 amide bonds. The highest BCUT2D eigenvalue weighted by atomic mass is 32.2. The first-order valence-corrected chi connectivity index (χ1v) is 10.2. The van der Waals surface area contributed by atoms with Crippen LogP contribution >= 0.6 is 11.8 Å². The topological polar surface area (TPSA) is 50.4 Å². The Labute approximate surface area is 146 Å². The molecule has 136 valence electrons. The van der Waals surface area contributed by atoms with Gasteiger partial charge in [0.2, 0.25) is 0 Å². The molecule has 1 saturated carbocycles. The zero-order valence-electron chi connectivity index (χ0n) is 15.8. The van der Waals surface area contributed by atoms with Crippen molar-refractivity contribution in [1.29, 1.82) is 0 Å². The number of ether oxygens (including phenoxy) is 1. The largest absolute Gasteiger partial charge is 0.444 e. The lowest BCUT2D eigenvalue weighted by atomic mass is 9.92. The molecule has 0 saturated heterocycles. The lowest BCUT2D eigenvalue weighted by molar-refractivity contribution is 0.0514. The van der Waals surface area contributed by atoms with Crippen molar-refractivity contribution in [3.05, 3.63) is 0 Å².